The molecule has 3 heteroatoms. The highest BCUT2D eigenvalue weighted by Crippen LogP contribution is 2.26. The molecule has 0 heterocycles. The molecule has 0 saturated heterocycles. The standard InChI is InChI=1S/C13H24N2O/c1-4-14-13(16)12(15-10(2)3)11-8-6-5-7-9-11/h11-12,15H,2,4-9H2,1,3H3,(H,14,16). The zero-order chi connectivity index (χ0) is 12.0. The summed E-state index contributed by atoms with van der Waals surface area (Å²) in [5, 5.41) is 6.13. The van der Waals surface area contributed by atoms with Crippen molar-refractivity contribution in [2.24, 2.45) is 5.92 Å². The SMILES string of the molecule is C=C(C)NC(C(=O)NCC)C1CCCCC1. The van der Waals surface area contributed by atoms with Gasteiger partial charge in [-0.1, -0.05) is 25.8 Å². The van der Waals surface area contributed by atoms with Crippen LogP contribution in [-0.2, 0) is 4.79 Å². The van der Waals surface area contributed by atoms with E-state index in [1.807, 2.05) is 13.8 Å². The molecule has 1 saturated carbocycles. The van der Waals surface area contributed by atoms with Crippen LogP contribution < -0.4 is 10.6 Å². The van der Waals surface area contributed by atoms with Gasteiger partial charge >= 0.3 is 0 Å². The lowest BCUT2D eigenvalue weighted by Crippen LogP contribution is -2.48. The van der Waals surface area contributed by atoms with Gasteiger partial charge in [0.05, 0.1) is 0 Å². The molecule has 1 unspecified atom stereocenters. The van der Waals surface area contributed by atoms with Crippen molar-refractivity contribution in [3.8, 4) is 0 Å². The largest absolute Gasteiger partial charge is 0.378 e. The fourth-order valence-corrected chi connectivity index (χ4v) is 2.41. The number of hydrogen-bond donors (Lipinski definition) is 2. The molecule has 0 aromatic rings. The van der Waals surface area contributed by atoms with Crippen LogP contribution in [0.15, 0.2) is 12.3 Å². The van der Waals surface area contributed by atoms with Crippen molar-refractivity contribution in [1.82, 2.24) is 10.6 Å². The fourth-order valence-electron chi connectivity index (χ4n) is 2.41. The van der Waals surface area contributed by atoms with Crippen LogP contribution in [0.3, 0.4) is 0 Å². The molecule has 0 aromatic heterocycles. The van der Waals surface area contributed by atoms with E-state index in [1.54, 1.807) is 0 Å². The predicted octanol–water partition coefficient (Wildman–Crippen LogP) is 2.19. The topological polar surface area (TPSA) is 41.1 Å². The van der Waals surface area contributed by atoms with Crippen molar-refractivity contribution >= 4 is 5.91 Å². The van der Waals surface area contributed by atoms with E-state index >= 15 is 0 Å². The molecular formula is C13H24N2O. The normalized spacial score (nSPS) is 18.9. The maximum Gasteiger partial charge on any atom is 0.242 e. The van der Waals surface area contributed by atoms with Crippen LogP contribution in [-0.4, -0.2) is 18.5 Å². The van der Waals surface area contributed by atoms with E-state index < -0.39 is 0 Å². The molecule has 1 aliphatic carbocycles. The second-order valence-corrected chi connectivity index (χ2v) is 4.70. The van der Waals surface area contributed by atoms with Crippen molar-refractivity contribution in [3.63, 3.8) is 0 Å². The number of amides is 1. The Morgan fingerprint density at radius 2 is 2.00 bits per heavy atom. The average molecular weight is 224 g/mol. The van der Waals surface area contributed by atoms with Crippen molar-refractivity contribution in [3.05, 3.63) is 12.3 Å². The molecule has 0 radical (unpaired) electrons. The lowest BCUT2D eigenvalue weighted by Gasteiger charge is -2.30. The first-order chi connectivity index (χ1) is 7.65. The Hall–Kier alpha value is -0.990. The number of likely N-dealkylation sites (N-methyl/N-ethyl adjacent to an activating group) is 1. The van der Waals surface area contributed by atoms with Gasteiger partial charge in [0, 0.05) is 12.2 Å². The molecule has 1 aliphatic rings. The Bertz CT molecular complexity index is 244. The Labute approximate surface area is 98.7 Å². The smallest absolute Gasteiger partial charge is 0.242 e. The van der Waals surface area contributed by atoms with Crippen LogP contribution >= 0.6 is 0 Å². The number of carbonyl (C=O) groups is 1. The summed E-state index contributed by atoms with van der Waals surface area (Å²) in [6.45, 7) is 8.40. The molecular weight excluding hydrogens is 200 g/mol. The predicted molar refractivity (Wildman–Crippen MR) is 67.0 cm³/mol. The quantitative estimate of drug-likeness (QED) is 0.751. The Morgan fingerprint density at radius 3 is 2.50 bits per heavy atom. The minimum atomic E-state index is -0.0854. The minimum absolute atomic E-state index is 0.0854. The van der Waals surface area contributed by atoms with E-state index in [0.717, 1.165) is 18.5 Å². The van der Waals surface area contributed by atoms with E-state index in [1.165, 1.54) is 19.3 Å². The molecule has 1 amide bonds. The third kappa shape index (κ3) is 3.87. The molecule has 1 atom stereocenters. The Kier molecular flexibility index (Phi) is 5.36. The molecule has 0 aromatic carbocycles. The number of allylic oxidation sites excluding steroid dienone is 1. The van der Waals surface area contributed by atoms with Crippen LogP contribution in [0, 0.1) is 5.92 Å². The summed E-state index contributed by atoms with van der Waals surface area (Å²) in [7, 11) is 0. The summed E-state index contributed by atoms with van der Waals surface area (Å²) in [5.74, 6) is 0.592. The highest BCUT2D eigenvalue weighted by Gasteiger charge is 2.28. The summed E-state index contributed by atoms with van der Waals surface area (Å²) in [4.78, 5) is 12.0. The van der Waals surface area contributed by atoms with E-state index in [0.29, 0.717) is 12.5 Å². The number of carbonyl (C=O) groups excluding carboxylic acids is 1. The van der Waals surface area contributed by atoms with Crippen LogP contribution in [0.1, 0.15) is 46.0 Å². The van der Waals surface area contributed by atoms with Crippen molar-refractivity contribution in [2.75, 3.05) is 6.54 Å². The lowest BCUT2D eigenvalue weighted by molar-refractivity contribution is -0.124. The lowest BCUT2D eigenvalue weighted by atomic mass is 9.83. The van der Waals surface area contributed by atoms with Gasteiger partial charge < -0.3 is 10.6 Å². The van der Waals surface area contributed by atoms with Crippen LogP contribution in [0.4, 0.5) is 0 Å². The summed E-state index contributed by atoms with van der Waals surface area (Å²) < 4.78 is 0. The van der Waals surface area contributed by atoms with Crippen molar-refractivity contribution < 1.29 is 4.79 Å². The monoisotopic (exact) mass is 224 g/mol. The molecule has 16 heavy (non-hydrogen) atoms. The van der Waals surface area contributed by atoms with E-state index in [-0.39, 0.29) is 11.9 Å². The van der Waals surface area contributed by atoms with Gasteiger partial charge in [0.15, 0.2) is 0 Å². The molecule has 0 spiro atoms. The van der Waals surface area contributed by atoms with Gasteiger partial charge in [-0.2, -0.15) is 0 Å². The maximum atomic E-state index is 12.0. The summed E-state index contributed by atoms with van der Waals surface area (Å²) in [6.07, 6.45) is 6.12. The van der Waals surface area contributed by atoms with Gasteiger partial charge in [0.2, 0.25) is 5.91 Å². The molecule has 92 valence electrons. The molecule has 2 N–H and O–H groups in total. The van der Waals surface area contributed by atoms with E-state index in [2.05, 4.69) is 17.2 Å². The summed E-state index contributed by atoms with van der Waals surface area (Å²) >= 11 is 0. The highest BCUT2D eigenvalue weighted by molar-refractivity contribution is 5.82. The molecule has 3 nitrogen and oxygen atoms in total. The number of hydrogen-bond acceptors (Lipinski definition) is 2. The van der Waals surface area contributed by atoms with Crippen molar-refractivity contribution in [1.29, 1.82) is 0 Å². The van der Waals surface area contributed by atoms with Gasteiger partial charge in [-0.25, -0.2) is 0 Å². The zero-order valence-electron chi connectivity index (χ0n) is 10.5. The van der Waals surface area contributed by atoms with E-state index in [4.69, 9.17) is 0 Å². The minimum Gasteiger partial charge on any atom is -0.378 e. The first-order valence-electron chi connectivity index (χ1n) is 6.35. The molecule has 1 fully saturated rings. The second kappa shape index (κ2) is 6.56. The Balaban J connectivity index is 2.60. The third-order valence-corrected chi connectivity index (χ3v) is 3.16. The van der Waals surface area contributed by atoms with Crippen LogP contribution in [0.25, 0.3) is 0 Å². The molecule has 0 bridgehead atoms. The molecule has 1 rings (SSSR count). The maximum absolute atomic E-state index is 12.0. The summed E-state index contributed by atoms with van der Waals surface area (Å²) in [5.41, 5.74) is 0.877. The average Bonchev–Trinajstić information content (AvgIpc) is 2.27. The summed E-state index contributed by atoms with van der Waals surface area (Å²) in [6, 6.07) is -0.0854. The third-order valence-electron chi connectivity index (χ3n) is 3.16. The Morgan fingerprint density at radius 1 is 1.38 bits per heavy atom. The zero-order valence-corrected chi connectivity index (χ0v) is 10.5. The number of nitrogens with one attached hydrogen (secondary N) is 2. The first kappa shape index (κ1) is 13.1. The first-order valence-corrected chi connectivity index (χ1v) is 6.35. The van der Waals surface area contributed by atoms with Crippen LogP contribution in [0.2, 0.25) is 0 Å². The van der Waals surface area contributed by atoms with Crippen LogP contribution in [0.5, 0.6) is 0 Å². The fraction of sp³-hybridized carbons (Fsp3) is 0.769. The highest BCUT2D eigenvalue weighted by atomic mass is 16.2. The second-order valence-electron chi connectivity index (χ2n) is 4.70. The van der Waals surface area contributed by atoms with Gasteiger partial charge in [0.25, 0.3) is 0 Å². The van der Waals surface area contributed by atoms with Gasteiger partial charge in [-0.05, 0) is 32.6 Å². The van der Waals surface area contributed by atoms with E-state index in [9.17, 15) is 4.79 Å². The van der Waals surface area contributed by atoms with Crippen molar-refractivity contribution in [2.45, 2.75) is 52.0 Å². The van der Waals surface area contributed by atoms with Gasteiger partial charge in [-0.3, -0.25) is 4.79 Å². The van der Waals surface area contributed by atoms with Gasteiger partial charge in [0.1, 0.15) is 6.04 Å². The molecule has 0 aliphatic heterocycles. The number of rotatable bonds is 5. The van der Waals surface area contributed by atoms with Gasteiger partial charge in [-0.15, -0.1) is 0 Å².